The first kappa shape index (κ1) is 10.3. The normalized spacial score (nSPS) is 10.5. The van der Waals surface area contributed by atoms with Crippen LogP contribution in [0.5, 0.6) is 0 Å². The van der Waals surface area contributed by atoms with E-state index in [0.717, 1.165) is 22.4 Å². The van der Waals surface area contributed by atoms with Gasteiger partial charge in [-0.1, -0.05) is 0 Å². The molecule has 2 heterocycles. The van der Waals surface area contributed by atoms with Crippen molar-refractivity contribution in [3.63, 3.8) is 0 Å². The summed E-state index contributed by atoms with van der Waals surface area (Å²) in [5, 5.41) is 7.28. The molecule has 2 aromatic rings. The molecule has 78 valence electrons. The largest absolute Gasteiger partial charge is 0.316 e. The summed E-state index contributed by atoms with van der Waals surface area (Å²) in [5.41, 5.74) is 1.11. The number of hydrogen-bond donors (Lipinski definition) is 1. The van der Waals surface area contributed by atoms with Crippen LogP contribution < -0.4 is 5.32 Å². The summed E-state index contributed by atoms with van der Waals surface area (Å²) in [5.74, 6) is 0.859. The fourth-order valence-electron chi connectivity index (χ4n) is 1.39. The molecule has 0 atom stereocenters. The van der Waals surface area contributed by atoms with E-state index in [-0.39, 0.29) is 0 Å². The van der Waals surface area contributed by atoms with Gasteiger partial charge in [-0.05, 0) is 35.1 Å². The molecule has 0 aliphatic heterocycles. The summed E-state index contributed by atoms with van der Waals surface area (Å²) < 4.78 is 2.74. The van der Waals surface area contributed by atoms with Gasteiger partial charge in [0.25, 0.3) is 0 Å². The number of rotatable bonds is 3. The first-order valence-electron chi connectivity index (χ1n) is 4.60. The van der Waals surface area contributed by atoms with Gasteiger partial charge in [-0.3, -0.25) is 0 Å². The summed E-state index contributed by atoms with van der Waals surface area (Å²) >= 11 is 3.41. The second-order valence-corrected chi connectivity index (χ2v) is 4.03. The Kier molecular flexibility index (Phi) is 3.13. The second kappa shape index (κ2) is 4.55. The molecule has 0 saturated carbocycles. The van der Waals surface area contributed by atoms with Gasteiger partial charge in [0.05, 0.1) is 0 Å². The van der Waals surface area contributed by atoms with Crippen LogP contribution in [0.15, 0.2) is 35.2 Å². The second-order valence-electron chi connectivity index (χ2n) is 3.12. The maximum absolute atomic E-state index is 4.35. The molecule has 0 saturated heterocycles. The zero-order valence-electron chi connectivity index (χ0n) is 8.31. The first-order valence-corrected chi connectivity index (χ1v) is 5.39. The number of aromatic nitrogens is 3. The van der Waals surface area contributed by atoms with E-state index in [2.05, 4.69) is 31.3 Å². The van der Waals surface area contributed by atoms with Gasteiger partial charge >= 0.3 is 0 Å². The average Bonchev–Trinajstić information content (AvgIpc) is 2.71. The lowest BCUT2D eigenvalue weighted by atomic mass is 10.2. The van der Waals surface area contributed by atoms with Gasteiger partial charge in [-0.15, -0.1) is 0 Å². The molecule has 0 radical (unpaired) electrons. The van der Waals surface area contributed by atoms with Gasteiger partial charge in [-0.2, -0.15) is 5.10 Å². The van der Waals surface area contributed by atoms with E-state index < -0.39 is 0 Å². The Labute approximate surface area is 96.5 Å². The lowest BCUT2D eigenvalue weighted by Crippen LogP contribution is -2.10. The number of hydrogen-bond acceptors (Lipinski definition) is 3. The molecule has 0 aliphatic rings. The molecular formula is C10H11BrN4. The van der Waals surface area contributed by atoms with E-state index in [1.54, 1.807) is 17.1 Å². The van der Waals surface area contributed by atoms with Gasteiger partial charge in [0.2, 0.25) is 0 Å². The molecule has 4 nitrogen and oxygen atoms in total. The number of pyridine rings is 1. The fourth-order valence-corrected chi connectivity index (χ4v) is 1.77. The van der Waals surface area contributed by atoms with Gasteiger partial charge in [-0.25, -0.2) is 9.67 Å². The minimum absolute atomic E-state index is 0.766. The monoisotopic (exact) mass is 266 g/mol. The molecule has 0 aliphatic carbocycles. The molecular weight excluding hydrogens is 256 g/mol. The van der Waals surface area contributed by atoms with Crippen molar-refractivity contribution in [2.75, 3.05) is 7.05 Å². The smallest absolute Gasteiger partial charge is 0.157 e. The van der Waals surface area contributed by atoms with E-state index in [1.807, 2.05) is 25.4 Å². The van der Waals surface area contributed by atoms with Gasteiger partial charge in [0.1, 0.15) is 0 Å². The minimum atomic E-state index is 0.766. The van der Waals surface area contributed by atoms with Crippen LogP contribution in [0.3, 0.4) is 0 Å². The van der Waals surface area contributed by atoms with Crippen LogP contribution in [-0.4, -0.2) is 21.8 Å². The molecule has 0 fully saturated rings. The standard InChI is InChI=1S/C10H11BrN4/c1-12-6-8-5-9(11)7-13-10(8)15-4-2-3-14-15/h2-5,7,12H,6H2,1H3. The molecule has 1 N–H and O–H groups in total. The van der Waals surface area contributed by atoms with Crippen molar-refractivity contribution in [1.82, 2.24) is 20.1 Å². The van der Waals surface area contributed by atoms with E-state index in [9.17, 15) is 0 Å². The zero-order chi connectivity index (χ0) is 10.7. The summed E-state index contributed by atoms with van der Waals surface area (Å²) in [4.78, 5) is 4.35. The molecule has 5 heteroatoms. The van der Waals surface area contributed by atoms with Crippen molar-refractivity contribution in [2.45, 2.75) is 6.54 Å². The molecule has 15 heavy (non-hydrogen) atoms. The summed E-state index contributed by atoms with van der Waals surface area (Å²) in [6.07, 6.45) is 5.40. The van der Waals surface area contributed by atoms with Crippen LogP contribution in [0.25, 0.3) is 5.82 Å². The van der Waals surface area contributed by atoms with E-state index in [1.165, 1.54) is 0 Å². The highest BCUT2D eigenvalue weighted by Crippen LogP contribution is 2.16. The zero-order valence-corrected chi connectivity index (χ0v) is 9.90. The van der Waals surface area contributed by atoms with Gasteiger partial charge in [0.15, 0.2) is 5.82 Å². The molecule has 2 aromatic heterocycles. The lowest BCUT2D eigenvalue weighted by Gasteiger charge is -2.08. The minimum Gasteiger partial charge on any atom is -0.316 e. The van der Waals surface area contributed by atoms with Crippen molar-refractivity contribution in [3.8, 4) is 5.82 Å². The summed E-state index contributed by atoms with van der Waals surface area (Å²) in [6, 6.07) is 3.92. The van der Waals surface area contributed by atoms with Crippen molar-refractivity contribution >= 4 is 15.9 Å². The third-order valence-corrected chi connectivity index (χ3v) is 2.43. The molecule has 2 rings (SSSR count). The predicted octanol–water partition coefficient (Wildman–Crippen LogP) is 1.75. The third kappa shape index (κ3) is 2.24. The Morgan fingerprint density at radius 1 is 1.53 bits per heavy atom. The molecule has 0 unspecified atom stereocenters. The van der Waals surface area contributed by atoms with E-state index >= 15 is 0 Å². The maximum atomic E-state index is 4.35. The Balaban J connectivity index is 2.46. The molecule has 0 spiro atoms. The summed E-state index contributed by atoms with van der Waals surface area (Å²) in [6.45, 7) is 0.766. The van der Waals surface area contributed by atoms with Crippen LogP contribution in [0.1, 0.15) is 5.56 Å². The molecule has 0 amide bonds. The van der Waals surface area contributed by atoms with Crippen LogP contribution >= 0.6 is 15.9 Å². The predicted molar refractivity (Wildman–Crippen MR) is 61.8 cm³/mol. The van der Waals surface area contributed by atoms with Crippen LogP contribution in [0.4, 0.5) is 0 Å². The Bertz CT molecular complexity index is 439. The van der Waals surface area contributed by atoms with Crippen molar-refractivity contribution < 1.29 is 0 Å². The average molecular weight is 267 g/mol. The molecule has 0 aromatic carbocycles. The van der Waals surface area contributed by atoms with E-state index in [4.69, 9.17) is 0 Å². The van der Waals surface area contributed by atoms with Crippen molar-refractivity contribution in [1.29, 1.82) is 0 Å². The summed E-state index contributed by atoms with van der Waals surface area (Å²) in [7, 11) is 1.91. The van der Waals surface area contributed by atoms with Crippen LogP contribution in [0, 0.1) is 0 Å². The fraction of sp³-hybridized carbons (Fsp3) is 0.200. The topological polar surface area (TPSA) is 42.7 Å². The van der Waals surface area contributed by atoms with Crippen LogP contribution in [-0.2, 0) is 6.54 Å². The number of nitrogens with one attached hydrogen (secondary N) is 1. The first-order chi connectivity index (χ1) is 7.31. The van der Waals surface area contributed by atoms with Gasteiger partial charge in [0, 0.05) is 35.2 Å². The van der Waals surface area contributed by atoms with Gasteiger partial charge < -0.3 is 5.32 Å². The van der Waals surface area contributed by atoms with E-state index in [0.29, 0.717) is 0 Å². The highest BCUT2D eigenvalue weighted by atomic mass is 79.9. The highest BCUT2D eigenvalue weighted by molar-refractivity contribution is 9.10. The van der Waals surface area contributed by atoms with Crippen LogP contribution in [0.2, 0.25) is 0 Å². The van der Waals surface area contributed by atoms with Crippen molar-refractivity contribution in [3.05, 3.63) is 40.8 Å². The number of nitrogens with zero attached hydrogens (tertiary/aromatic N) is 3. The quantitative estimate of drug-likeness (QED) is 0.921. The SMILES string of the molecule is CNCc1cc(Br)cnc1-n1cccn1. The third-order valence-electron chi connectivity index (χ3n) is 2.00. The Hall–Kier alpha value is -1.20. The Morgan fingerprint density at radius 2 is 2.40 bits per heavy atom. The Morgan fingerprint density at radius 3 is 3.07 bits per heavy atom. The van der Waals surface area contributed by atoms with Crippen molar-refractivity contribution in [2.24, 2.45) is 0 Å². The maximum Gasteiger partial charge on any atom is 0.157 e. The highest BCUT2D eigenvalue weighted by Gasteiger charge is 2.06. The lowest BCUT2D eigenvalue weighted by molar-refractivity contribution is 0.770. The molecule has 0 bridgehead atoms. The number of halogens is 1.